The van der Waals surface area contributed by atoms with Gasteiger partial charge < -0.3 is 10.6 Å². The van der Waals surface area contributed by atoms with Gasteiger partial charge in [0.2, 0.25) is 0 Å². The lowest BCUT2D eigenvalue weighted by Gasteiger charge is -2.27. The van der Waals surface area contributed by atoms with Gasteiger partial charge in [-0.2, -0.15) is 5.10 Å². The van der Waals surface area contributed by atoms with E-state index in [4.69, 9.17) is 0 Å². The fraction of sp³-hybridized carbons (Fsp3) is 0.273. The molecule has 3 rings (SSSR count). The first-order valence-electron chi connectivity index (χ1n) is 5.28. The van der Waals surface area contributed by atoms with E-state index in [1.807, 2.05) is 24.4 Å². The molecule has 0 unspecified atom stereocenters. The van der Waals surface area contributed by atoms with E-state index in [1.54, 1.807) is 10.7 Å². The van der Waals surface area contributed by atoms with Crippen molar-refractivity contribution in [1.29, 1.82) is 0 Å². The number of rotatable bonds is 2. The SMILES string of the molecule is O=C(NC1CNC1)c1cnn2ccccc12. The number of aromatic nitrogens is 2. The molecule has 3 heterocycles. The normalized spacial score (nSPS) is 16.0. The molecule has 0 saturated carbocycles. The van der Waals surface area contributed by atoms with E-state index in [-0.39, 0.29) is 11.9 Å². The molecule has 16 heavy (non-hydrogen) atoms. The average Bonchev–Trinajstić information content (AvgIpc) is 2.67. The van der Waals surface area contributed by atoms with Gasteiger partial charge in [-0.3, -0.25) is 4.79 Å². The second kappa shape index (κ2) is 3.61. The van der Waals surface area contributed by atoms with Crippen molar-refractivity contribution >= 4 is 11.4 Å². The third-order valence-electron chi connectivity index (χ3n) is 2.79. The molecule has 0 radical (unpaired) electrons. The summed E-state index contributed by atoms with van der Waals surface area (Å²) in [5.41, 5.74) is 1.47. The molecule has 0 aromatic carbocycles. The first-order chi connectivity index (χ1) is 7.84. The Balaban J connectivity index is 1.89. The van der Waals surface area contributed by atoms with Crippen molar-refractivity contribution in [2.24, 2.45) is 0 Å². The van der Waals surface area contributed by atoms with E-state index < -0.39 is 0 Å². The van der Waals surface area contributed by atoms with Crippen molar-refractivity contribution in [3.05, 3.63) is 36.2 Å². The van der Waals surface area contributed by atoms with Crippen LogP contribution in [-0.2, 0) is 0 Å². The zero-order valence-corrected chi connectivity index (χ0v) is 8.68. The van der Waals surface area contributed by atoms with Crippen LogP contribution < -0.4 is 10.6 Å². The largest absolute Gasteiger partial charge is 0.347 e. The van der Waals surface area contributed by atoms with Crippen LogP contribution in [0.2, 0.25) is 0 Å². The van der Waals surface area contributed by atoms with Gasteiger partial charge in [-0.1, -0.05) is 6.07 Å². The molecule has 0 bridgehead atoms. The summed E-state index contributed by atoms with van der Waals surface area (Å²) in [6.07, 6.45) is 3.44. The molecule has 2 N–H and O–H groups in total. The van der Waals surface area contributed by atoms with Crippen LogP contribution in [0.5, 0.6) is 0 Å². The maximum Gasteiger partial charge on any atom is 0.255 e. The maximum atomic E-state index is 11.9. The van der Waals surface area contributed by atoms with Crippen molar-refractivity contribution in [2.75, 3.05) is 13.1 Å². The topological polar surface area (TPSA) is 58.4 Å². The van der Waals surface area contributed by atoms with E-state index in [2.05, 4.69) is 15.7 Å². The van der Waals surface area contributed by atoms with Crippen LogP contribution in [-0.4, -0.2) is 34.7 Å². The van der Waals surface area contributed by atoms with Crippen molar-refractivity contribution < 1.29 is 4.79 Å². The molecule has 2 aromatic rings. The van der Waals surface area contributed by atoms with Gasteiger partial charge in [0.1, 0.15) is 0 Å². The summed E-state index contributed by atoms with van der Waals surface area (Å²) in [5.74, 6) is -0.0484. The second-order valence-corrected chi connectivity index (χ2v) is 3.92. The second-order valence-electron chi connectivity index (χ2n) is 3.92. The Labute approximate surface area is 92.5 Å². The Kier molecular flexibility index (Phi) is 2.11. The lowest BCUT2D eigenvalue weighted by molar-refractivity contribution is 0.0925. The molecule has 1 fully saturated rings. The fourth-order valence-corrected chi connectivity index (χ4v) is 1.76. The number of hydrogen-bond donors (Lipinski definition) is 2. The highest BCUT2D eigenvalue weighted by atomic mass is 16.1. The van der Waals surface area contributed by atoms with E-state index in [0.717, 1.165) is 18.6 Å². The molecule has 1 saturated heterocycles. The zero-order valence-electron chi connectivity index (χ0n) is 8.68. The average molecular weight is 216 g/mol. The number of amides is 1. The first kappa shape index (κ1) is 9.35. The molecular formula is C11H12N4O. The van der Waals surface area contributed by atoms with Gasteiger partial charge in [0, 0.05) is 19.3 Å². The first-order valence-corrected chi connectivity index (χ1v) is 5.28. The Morgan fingerprint density at radius 1 is 1.50 bits per heavy atom. The molecule has 0 atom stereocenters. The van der Waals surface area contributed by atoms with Crippen LogP contribution in [0, 0.1) is 0 Å². The van der Waals surface area contributed by atoms with Gasteiger partial charge >= 0.3 is 0 Å². The molecule has 1 amide bonds. The highest BCUT2D eigenvalue weighted by Gasteiger charge is 2.21. The zero-order chi connectivity index (χ0) is 11.0. The molecule has 1 aliphatic heterocycles. The Hall–Kier alpha value is -1.88. The summed E-state index contributed by atoms with van der Waals surface area (Å²) in [4.78, 5) is 11.9. The number of pyridine rings is 1. The summed E-state index contributed by atoms with van der Waals surface area (Å²) >= 11 is 0. The van der Waals surface area contributed by atoms with Crippen LogP contribution in [0.3, 0.4) is 0 Å². The van der Waals surface area contributed by atoms with Gasteiger partial charge in [-0.25, -0.2) is 4.52 Å². The predicted octanol–water partition coefficient (Wildman–Crippen LogP) is 0.0359. The van der Waals surface area contributed by atoms with E-state index in [9.17, 15) is 4.79 Å². The van der Waals surface area contributed by atoms with Gasteiger partial charge in [-0.05, 0) is 12.1 Å². The highest BCUT2D eigenvalue weighted by molar-refractivity contribution is 6.00. The number of nitrogens with one attached hydrogen (secondary N) is 2. The van der Waals surface area contributed by atoms with Crippen molar-refractivity contribution in [1.82, 2.24) is 20.2 Å². The van der Waals surface area contributed by atoms with Crippen LogP contribution in [0.15, 0.2) is 30.6 Å². The van der Waals surface area contributed by atoms with Gasteiger partial charge in [0.15, 0.2) is 0 Å². The quantitative estimate of drug-likeness (QED) is 0.745. The van der Waals surface area contributed by atoms with Crippen LogP contribution in [0.4, 0.5) is 0 Å². The summed E-state index contributed by atoms with van der Waals surface area (Å²) in [6.45, 7) is 1.70. The summed E-state index contributed by atoms with van der Waals surface area (Å²) < 4.78 is 1.70. The Bertz CT molecular complexity index is 530. The number of carbonyl (C=O) groups excluding carboxylic acids is 1. The predicted molar refractivity (Wildman–Crippen MR) is 59.3 cm³/mol. The number of nitrogens with zero attached hydrogens (tertiary/aromatic N) is 2. The molecule has 0 spiro atoms. The molecule has 82 valence electrons. The van der Waals surface area contributed by atoms with Crippen LogP contribution >= 0.6 is 0 Å². The Morgan fingerprint density at radius 3 is 3.12 bits per heavy atom. The van der Waals surface area contributed by atoms with Crippen molar-refractivity contribution in [2.45, 2.75) is 6.04 Å². The third-order valence-corrected chi connectivity index (χ3v) is 2.79. The molecule has 0 aliphatic carbocycles. The van der Waals surface area contributed by atoms with Crippen LogP contribution in [0.25, 0.3) is 5.52 Å². The minimum absolute atomic E-state index is 0.0484. The summed E-state index contributed by atoms with van der Waals surface area (Å²) in [5, 5.41) is 10.2. The fourth-order valence-electron chi connectivity index (χ4n) is 1.76. The molecule has 5 heteroatoms. The van der Waals surface area contributed by atoms with Gasteiger partial charge in [-0.15, -0.1) is 0 Å². The lowest BCUT2D eigenvalue weighted by atomic mass is 10.1. The van der Waals surface area contributed by atoms with E-state index in [1.165, 1.54) is 0 Å². The highest BCUT2D eigenvalue weighted by Crippen LogP contribution is 2.10. The van der Waals surface area contributed by atoms with Crippen LogP contribution in [0.1, 0.15) is 10.4 Å². The van der Waals surface area contributed by atoms with E-state index in [0.29, 0.717) is 5.56 Å². The Morgan fingerprint density at radius 2 is 2.38 bits per heavy atom. The molecule has 5 nitrogen and oxygen atoms in total. The maximum absolute atomic E-state index is 11.9. The minimum atomic E-state index is -0.0484. The lowest BCUT2D eigenvalue weighted by Crippen LogP contribution is -2.56. The number of fused-ring (bicyclic) bond motifs is 1. The van der Waals surface area contributed by atoms with Gasteiger partial charge in [0.05, 0.1) is 23.3 Å². The molecule has 2 aromatic heterocycles. The number of carbonyl (C=O) groups is 1. The van der Waals surface area contributed by atoms with Gasteiger partial charge in [0.25, 0.3) is 5.91 Å². The number of hydrogen-bond acceptors (Lipinski definition) is 3. The minimum Gasteiger partial charge on any atom is -0.347 e. The third kappa shape index (κ3) is 1.45. The smallest absolute Gasteiger partial charge is 0.255 e. The summed E-state index contributed by atoms with van der Waals surface area (Å²) in [6, 6.07) is 5.93. The van der Waals surface area contributed by atoms with E-state index >= 15 is 0 Å². The van der Waals surface area contributed by atoms with Crippen molar-refractivity contribution in [3.8, 4) is 0 Å². The summed E-state index contributed by atoms with van der Waals surface area (Å²) in [7, 11) is 0. The van der Waals surface area contributed by atoms with Crippen molar-refractivity contribution in [3.63, 3.8) is 0 Å². The standard InChI is InChI=1S/C11H12N4O/c16-11(14-8-5-12-6-8)9-7-13-15-4-2-1-3-10(9)15/h1-4,7-8,12H,5-6H2,(H,14,16). The molecule has 1 aliphatic rings. The molecular weight excluding hydrogens is 204 g/mol. The monoisotopic (exact) mass is 216 g/mol.